The van der Waals surface area contributed by atoms with Crippen LogP contribution < -0.4 is 0 Å². The van der Waals surface area contributed by atoms with Crippen LogP contribution in [-0.2, 0) is 9.47 Å². The summed E-state index contributed by atoms with van der Waals surface area (Å²) in [6.45, 7) is 6.66. The molecule has 0 saturated carbocycles. The molecule has 3 fully saturated rings. The van der Waals surface area contributed by atoms with Gasteiger partial charge >= 0.3 is 0 Å². The molecule has 0 N–H and O–H groups in total. The van der Waals surface area contributed by atoms with Crippen LogP contribution in [0.1, 0.15) is 29.6 Å². The summed E-state index contributed by atoms with van der Waals surface area (Å²) in [5, 5.41) is 0. The van der Waals surface area contributed by atoms with Gasteiger partial charge in [-0.15, -0.1) is 0 Å². The highest BCUT2D eigenvalue weighted by Crippen LogP contribution is 2.36. The largest absolute Gasteiger partial charge is 0.472 e. The van der Waals surface area contributed by atoms with Crippen molar-refractivity contribution in [1.82, 2.24) is 9.80 Å². The van der Waals surface area contributed by atoms with Crippen LogP contribution in [0.15, 0.2) is 23.0 Å². The Morgan fingerprint density at radius 2 is 2.00 bits per heavy atom. The molecule has 3 saturated heterocycles. The highest BCUT2D eigenvalue weighted by Gasteiger charge is 2.44. The first-order valence-corrected chi connectivity index (χ1v) is 8.97. The second-order valence-corrected chi connectivity index (χ2v) is 7.36. The molecule has 0 bridgehead atoms. The monoisotopic (exact) mass is 334 g/mol. The van der Waals surface area contributed by atoms with Crippen LogP contribution in [0, 0.1) is 5.41 Å². The van der Waals surface area contributed by atoms with E-state index in [-0.39, 0.29) is 11.3 Å². The highest BCUT2D eigenvalue weighted by molar-refractivity contribution is 5.93. The summed E-state index contributed by atoms with van der Waals surface area (Å²) in [6.07, 6.45) is 6.42. The Morgan fingerprint density at radius 3 is 2.79 bits per heavy atom. The molecule has 1 spiro atoms. The summed E-state index contributed by atoms with van der Waals surface area (Å²) in [4.78, 5) is 17.3. The van der Waals surface area contributed by atoms with Gasteiger partial charge in [-0.05, 0) is 31.9 Å². The molecule has 1 amide bonds. The van der Waals surface area contributed by atoms with Crippen molar-refractivity contribution in [2.75, 3.05) is 52.6 Å². The van der Waals surface area contributed by atoms with Gasteiger partial charge in [0.2, 0.25) is 0 Å². The second-order valence-electron chi connectivity index (χ2n) is 7.36. The van der Waals surface area contributed by atoms with E-state index in [2.05, 4.69) is 4.90 Å². The number of hydrogen-bond acceptors (Lipinski definition) is 5. The molecular weight excluding hydrogens is 308 g/mol. The van der Waals surface area contributed by atoms with E-state index in [0.717, 1.165) is 58.7 Å². The molecule has 0 radical (unpaired) electrons. The Labute approximate surface area is 142 Å². The predicted molar refractivity (Wildman–Crippen MR) is 87.9 cm³/mol. The van der Waals surface area contributed by atoms with E-state index in [4.69, 9.17) is 13.9 Å². The minimum atomic E-state index is 0.0538. The number of rotatable bonds is 2. The number of nitrogens with zero attached hydrogens (tertiary/aromatic N) is 2. The normalized spacial score (nSPS) is 29.9. The van der Waals surface area contributed by atoms with Gasteiger partial charge in [-0.1, -0.05) is 0 Å². The molecule has 132 valence electrons. The minimum absolute atomic E-state index is 0.0538. The van der Waals surface area contributed by atoms with Gasteiger partial charge < -0.3 is 18.8 Å². The lowest BCUT2D eigenvalue weighted by Gasteiger charge is -2.35. The summed E-state index contributed by atoms with van der Waals surface area (Å²) in [6, 6.07) is 2.36. The number of ether oxygens (including phenoxy) is 2. The van der Waals surface area contributed by atoms with E-state index in [1.54, 1.807) is 12.3 Å². The van der Waals surface area contributed by atoms with Crippen molar-refractivity contribution in [3.8, 4) is 0 Å². The van der Waals surface area contributed by atoms with Crippen LogP contribution in [0.3, 0.4) is 0 Å². The van der Waals surface area contributed by atoms with Gasteiger partial charge in [-0.25, -0.2) is 0 Å². The average molecular weight is 334 g/mol. The topological polar surface area (TPSA) is 55.2 Å². The number of carbonyl (C=O) groups is 1. The summed E-state index contributed by atoms with van der Waals surface area (Å²) < 4.78 is 16.5. The number of furan rings is 1. The Morgan fingerprint density at radius 1 is 1.12 bits per heavy atom. The lowest BCUT2D eigenvalue weighted by atomic mass is 9.87. The molecule has 4 heterocycles. The Kier molecular flexibility index (Phi) is 4.61. The van der Waals surface area contributed by atoms with Crippen molar-refractivity contribution in [2.45, 2.75) is 25.3 Å². The Bertz CT molecular complexity index is 555. The molecule has 0 aromatic carbocycles. The van der Waals surface area contributed by atoms with Gasteiger partial charge in [-0.3, -0.25) is 9.69 Å². The van der Waals surface area contributed by atoms with Crippen molar-refractivity contribution < 1.29 is 18.7 Å². The summed E-state index contributed by atoms with van der Waals surface area (Å²) >= 11 is 0. The van der Waals surface area contributed by atoms with Crippen molar-refractivity contribution >= 4 is 5.91 Å². The number of hydrogen-bond donors (Lipinski definition) is 0. The molecule has 1 aromatic rings. The van der Waals surface area contributed by atoms with Crippen molar-refractivity contribution in [2.24, 2.45) is 5.41 Å². The maximum Gasteiger partial charge on any atom is 0.257 e. The third kappa shape index (κ3) is 3.23. The van der Waals surface area contributed by atoms with E-state index in [1.807, 2.05) is 4.90 Å². The van der Waals surface area contributed by atoms with Crippen LogP contribution in [0.2, 0.25) is 0 Å². The van der Waals surface area contributed by atoms with Gasteiger partial charge in [0.15, 0.2) is 0 Å². The lowest BCUT2D eigenvalue weighted by Crippen LogP contribution is -2.45. The second kappa shape index (κ2) is 6.86. The zero-order valence-electron chi connectivity index (χ0n) is 14.1. The van der Waals surface area contributed by atoms with Gasteiger partial charge in [0.1, 0.15) is 6.26 Å². The summed E-state index contributed by atoms with van der Waals surface area (Å²) in [5.74, 6) is 0.0538. The number of likely N-dealkylation sites (tertiary alicyclic amines) is 1. The van der Waals surface area contributed by atoms with E-state index >= 15 is 0 Å². The van der Waals surface area contributed by atoms with Crippen LogP contribution in [0.4, 0.5) is 0 Å². The number of carbonyl (C=O) groups excluding carboxylic acids is 1. The Hall–Kier alpha value is -1.37. The lowest BCUT2D eigenvalue weighted by molar-refractivity contribution is 0.0284. The minimum Gasteiger partial charge on any atom is -0.472 e. The van der Waals surface area contributed by atoms with Gasteiger partial charge in [0, 0.05) is 44.3 Å². The molecule has 0 aliphatic carbocycles. The van der Waals surface area contributed by atoms with Crippen LogP contribution in [0.25, 0.3) is 0 Å². The van der Waals surface area contributed by atoms with E-state index in [1.165, 1.54) is 6.26 Å². The van der Waals surface area contributed by atoms with Gasteiger partial charge in [0.25, 0.3) is 5.91 Å². The predicted octanol–water partition coefficient (Wildman–Crippen LogP) is 1.62. The average Bonchev–Trinajstić information content (AvgIpc) is 3.24. The highest BCUT2D eigenvalue weighted by atomic mass is 16.5. The molecule has 24 heavy (non-hydrogen) atoms. The quantitative estimate of drug-likeness (QED) is 0.823. The molecule has 6 heteroatoms. The maximum absolute atomic E-state index is 12.7. The molecule has 4 rings (SSSR count). The van der Waals surface area contributed by atoms with Crippen LogP contribution in [-0.4, -0.2) is 74.4 Å². The third-order valence-electron chi connectivity index (χ3n) is 5.67. The van der Waals surface area contributed by atoms with Crippen LogP contribution >= 0.6 is 0 Å². The summed E-state index contributed by atoms with van der Waals surface area (Å²) in [5.41, 5.74) is 0.695. The number of amides is 1. The van der Waals surface area contributed by atoms with Gasteiger partial charge in [-0.2, -0.15) is 0 Å². The van der Waals surface area contributed by atoms with Crippen LogP contribution in [0.5, 0.6) is 0 Å². The molecule has 3 aliphatic rings. The van der Waals surface area contributed by atoms with Crippen molar-refractivity contribution in [1.29, 1.82) is 0 Å². The fraction of sp³-hybridized carbons (Fsp3) is 0.722. The fourth-order valence-electron chi connectivity index (χ4n) is 4.31. The zero-order chi connectivity index (χ0) is 16.4. The first-order valence-electron chi connectivity index (χ1n) is 8.97. The SMILES string of the molecule is O=C(c1ccoc1)N1CCOCC2(CCN(C3CCOCC3)C2)C1. The molecule has 1 atom stereocenters. The van der Waals surface area contributed by atoms with Crippen molar-refractivity contribution in [3.63, 3.8) is 0 Å². The zero-order valence-corrected chi connectivity index (χ0v) is 14.1. The fourth-order valence-corrected chi connectivity index (χ4v) is 4.31. The Balaban J connectivity index is 1.45. The first-order chi connectivity index (χ1) is 11.8. The first kappa shape index (κ1) is 16.1. The van der Waals surface area contributed by atoms with E-state index in [9.17, 15) is 4.79 Å². The van der Waals surface area contributed by atoms with E-state index < -0.39 is 0 Å². The smallest absolute Gasteiger partial charge is 0.257 e. The molecule has 3 aliphatic heterocycles. The third-order valence-corrected chi connectivity index (χ3v) is 5.67. The molecular formula is C18H26N2O4. The summed E-state index contributed by atoms with van der Waals surface area (Å²) in [7, 11) is 0. The maximum atomic E-state index is 12.7. The standard InChI is InChI=1S/C18H26N2O4/c21-17(15-1-7-23-11-15)20-6-10-24-14-18(13-20)4-5-19(12-18)16-2-8-22-9-3-16/h1,7,11,16H,2-6,8-10,12-14H2. The molecule has 1 unspecified atom stereocenters. The molecule has 1 aromatic heterocycles. The van der Waals surface area contributed by atoms with Crippen molar-refractivity contribution in [3.05, 3.63) is 24.2 Å². The van der Waals surface area contributed by atoms with E-state index in [0.29, 0.717) is 24.8 Å². The molecule has 6 nitrogen and oxygen atoms in total. The van der Waals surface area contributed by atoms with Gasteiger partial charge in [0.05, 0.1) is 25.0 Å².